The van der Waals surface area contributed by atoms with Crippen LogP contribution in [0, 0.1) is 12.8 Å². The molecule has 3 N–H and O–H groups in total. The second kappa shape index (κ2) is 10.8. The van der Waals surface area contributed by atoms with E-state index in [-0.39, 0.29) is 24.3 Å². The molecule has 3 rings (SSSR count). The van der Waals surface area contributed by atoms with E-state index >= 15 is 0 Å². The fourth-order valence-electron chi connectivity index (χ4n) is 3.72. The average molecular weight is 426 g/mol. The topological polar surface area (TPSA) is 93.9 Å². The molecule has 1 heterocycles. The Morgan fingerprint density at radius 1 is 1.10 bits per heavy atom. The highest BCUT2D eigenvalue weighted by atomic mass is 16.5. The van der Waals surface area contributed by atoms with Gasteiger partial charge >= 0.3 is 0 Å². The number of likely N-dealkylation sites (tertiary alicyclic amines) is 1. The van der Waals surface area contributed by atoms with E-state index in [0.717, 1.165) is 50.1 Å². The minimum absolute atomic E-state index is 0.0234. The number of nitrogens with zero attached hydrogens (tertiary/aromatic N) is 1. The van der Waals surface area contributed by atoms with Gasteiger partial charge in [0.05, 0.1) is 7.11 Å². The van der Waals surface area contributed by atoms with Crippen molar-refractivity contribution in [2.75, 3.05) is 38.7 Å². The average Bonchev–Trinajstić information content (AvgIpc) is 2.78. The molecule has 7 heteroatoms. The van der Waals surface area contributed by atoms with Crippen molar-refractivity contribution in [3.63, 3.8) is 0 Å². The lowest BCUT2D eigenvalue weighted by molar-refractivity contribution is -0.123. The molecule has 0 saturated carbocycles. The third-order valence-electron chi connectivity index (χ3n) is 5.62. The highest BCUT2D eigenvalue weighted by molar-refractivity contribution is 5.91. The number of benzene rings is 2. The lowest BCUT2D eigenvalue weighted by Crippen LogP contribution is -2.39. The van der Waals surface area contributed by atoms with Gasteiger partial charge in [0.25, 0.3) is 5.91 Å². The predicted molar refractivity (Wildman–Crippen MR) is 120 cm³/mol. The van der Waals surface area contributed by atoms with Crippen LogP contribution < -0.4 is 20.5 Å². The Morgan fingerprint density at radius 3 is 2.45 bits per heavy atom. The summed E-state index contributed by atoms with van der Waals surface area (Å²) < 4.78 is 10.9. The number of piperidine rings is 1. The van der Waals surface area contributed by atoms with Crippen LogP contribution in [-0.2, 0) is 16.0 Å². The number of amides is 2. The van der Waals surface area contributed by atoms with Gasteiger partial charge in [-0.1, -0.05) is 18.2 Å². The van der Waals surface area contributed by atoms with Gasteiger partial charge < -0.3 is 25.4 Å². The zero-order valence-electron chi connectivity index (χ0n) is 18.2. The zero-order valence-corrected chi connectivity index (χ0v) is 18.2. The van der Waals surface area contributed by atoms with Crippen LogP contribution in [0.3, 0.4) is 0 Å². The lowest BCUT2D eigenvalue weighted by atomic mass is 9.96. The molecule has 0 bridgehead atoms. The van der Waals surface area contributed by atoms with Crippen LogP contribution in [0.4, 0.5) is 5.69 Å². The predicted octanol–water partition coefficient (Wildman–Crippen LogP) is 2.76. The number of nitrogens with one attached hydrogen (secondary N) is 1. The number of nitrogens with two attached hydrogens (primary N) is 1. The number of carbonyl (C=O) groups is 2. The Morgan fingerprint density at radius 2 is 1.81 bits per heavy atom. The lowest BCUT2D eigenvalue weighted by Gasteiger charge is -2.30. The minimum atomic E-state index is -0.229. The summed E-state index contributed by atoms with van der Waals surface area (Å²) in [6.07, 6.45) is 2.61. The first-order valence-corrected chi connectivity index (χ1v) is 10.6. The van der Waals surface area contributed by atoms with Gasteiger partial charge in [0, 0.05) is 18.2 Å². The third kappa shape index (κ3) is 6.72. The first-order valence-electron chi connectivity index (χ1n) is 10.6. The molecule has 166 valence electrons. The number of anilines is 1. The second-order valence-electron chi connectivity index (χ2n) is 7.96. The second-order valence-corrected chi connectivity index (χ2v) is 7.96. The summed E-state index contributed by atoms with van der Waals surface area (Å²) in [5.41, 5.74) is 8.39. The molecule has 2 aromatic rings. The monoisotopic (exact) mass is 425 g/mol. The van der Waals surface area contributed by atoms with Crippen molar-refractivity contribution in [3.8, 4) is 11.5 Å². The standard InChI is InChI=1S/C24H31N3O4/c1-17-3-8-21(22(15-17)30-2)31-16-23(28)26-20-6-4-18(5-7-20)9-12-27-13-10-19(11-14-27)24(25)29/h3-8,15,19H,9-14,16H2,1-2H3,(H2,25,29)(H,26,28). The minimum Gasteiger partial charge on any atom is -0.493 e. The SMILES string of the molecule is COc1cc(C)ccc1OCC(=O)Nc1ccc(CCN2CCC(C(N)=O)CC2)cc1. The van der Waals surface area contributed by atoms with Gasteiger partial charge in [-0.15, -0.1) is 0 Å². The molecule has 1 aliphatic heterocycles. The maximum absolute atomic E-state index is 12.2. The maximum Gasteiger partial charge on any atom is 0.262 e. The summed E-state index contributed by atoms with van der Waals surface area (Å²) in [4.78, 5) is 25.9. The van der Waals surface area contributed by atoms with Crippen molar-refractivity contribution in [3.05, 3.63) is 53.6 Å². The zero-order chi connectivity index (χ0) is 22.2. The first kappa shape index (κ1) is 22.6. The highest BCUT2D eigenvalue weighted by Crippen LogP contribution is 2.27. The van der Waals surface area contributed by atoms with Gasteiger partial charge in [-0.25, -0.2) is 0 Å². The van der Waals surface area contributed by atoms with Gasteiger partial charge in [0.2, 0.25) is 5.91 Å². The fourth-order valence-corrected chi connectivity index (χ4v) is 3.72. The normalized spacial score (nSPS) is 14.8. The highest BCUT2D eigenvalue weighted by Gasteiger charge is 2.22. The van der Waals surface area contributed by atoms with Gasteiger partial charge in [0.1, 0.15) is 0 Å². The van der Waals surface area contributed by atoms with Crippen LogP contribution in [0.5, 0.6) is 11.5 Å². The molecule has 0 spiro atoms. The number of hydrogen-bond acceptors (Lipinski definition) is 5. The largest absolute Gasteiger partial charge is 0.493 e. The molecular weight excluding hydrogens is 394 g/mol. The van der Waals surface area contributed by atoms with Crippen molar-refractivity contribution in [1.29, 1.82) is 0 Å². The van der Waals surface area contributed by atoms with Crippen molar-refractivity contribution >= 4 is 17.5 Å². The molecule has 0 atom stereocenters. The van der Waals surface area contributed by atoms with Gasteiger partial charge in [-0.2, -0.15) is 0 Å². The van der Waals surface area contributed by atoms with E-state index in [4.69, 9.17) is 15.2 Å². The Labute approximate surface area is 183 Å². The van der Waals surface area contributed by atoms with Crippen LogP contribution in [-0.4, -0.2) is 50.1 Å². The summed E-state index contributed by atoms with van der Waals surface area (Å²) in [6, 6.07) is 13.4. The van der Waals surface area contributed by atoms with Crippen LogP contribution in [0.2, 0.25) is 0 Å². The van der Waals surface area contributed by atoms with Gasteiger partial charge in [-0.3, -0.25) is 9.59 Å². The molecule has 0 aliphatic carbocycles. The van der Waals surface area contributed by atoms with Crippen LogP contribution >= 0.6 is 0 Å². The van der Waals surface area contributed by atoms with Gasteiger partial charge in [0.15, 0.2) is 18.1 Å². The summed E-state index contributed by atoms with van der Waals surface area (Å²) in [6.45, 7) is 4.64. The number of primary amides is 1. The van der Waals surface area contributed by atoms with Crippen LogP contribution in [0.25, 0.3) is 0 Å². The number of aryl methyl sites for hydroxylation is 1. The summed E-state index contributed by atoms with van der Waals surface area (Å²) in [5, 5.41) is 2.85. The van der Waals surface area contributed by atoms with E-state index in [1.165, 1.54) is 5.56 Å². The summed E-state index contributed by atoms with van der Waals surface area (Å²) in [5.74, 6) is 0.762. The smallest absolute Gasteiger partial charge is 0.262 e. The van der Waals surface area contributed by atoms with Crippen LogP contribution in [0.1, 0.15) is 24.0 Å². The maximum atomic E-state index is 12.2. The first-order chi connectivity index (χ1) is 14.9. The van der Waals surface area contributed by atoms with Crippen LogP contribution in [0.15, 0.2) is 42.5 Å². The molecule has 0 unspecified atom stereocenters. The van der Waals surface area contributed by atoms with E-state index in [1.54, 1.807) is 13.2 Å². The Hall–Kier alpha value is -3.06. The van der Waals surface area contributed by atoms with E-state index in [2.05, 4.69) is 10.2 Å². The number of ether oxygens (including phenoxy) is 2. The quantitative estimate of drug-likeness (QED) is 0.644. The Bertz CT molecular complexity index is 890. The van der Waals surface area contributed by atoms with Gasteiger partial charge in [-0.05, 0) is 74.7 Å². The molecule has 7 nitrogen and oxygen atoms in total. The molecule has 1 fully saturated rings. The third-order valence-corrected chi connectivity index (χ3v) is 5.62. The Kier molecular flexibility index (Phi) is 7.89. The number of methoxy groups -OCH3 is 1. The molecule has 1 saturated heterocycles. The van der Waals surface area contributed by atoms with Crippen molar-refractivity contribution < 1.29 is 19.1 Å². The van der Waals surface area contributed by atoms with Crippen molar-refractivity contribution in [1.82, 2.24) is 4.90 Å². The molecule has 2 aromatic carbocycles. The van der Waals surface area contributed by atoms with E-state index < -0.39 is 0 Å². The molecular formula is C24H31N3O4. The van der Waals surface area contributed by atoms with E-state index in [0.29, 0.717) is 11.5 Å². The summed E-state index contributed by atoms with van der Waals surface area (Å²) >= 11 is 0. The number of carbonyl (C=O) groups excluding carboxylic acids is 2. The number of hydrogen-bond donors (Lipinski definition) is 2. The molecule has 0 aromatic heterocycles. The van der Waals surface area contributed by atoms with Crippen molar-refractivity contribution in [2.45, 2.75) is 26.2 Å². The summed E-state index contributed by atoms with van der Waals surface area (Å²) in [7, 11) is 1.58. The number of rotatable bonds is 9. The van der Waals surface area contributed by atoms with E-state index in [9.17, 15) is 9.59 Å². The molecule has 0 radical (unpaired) electrons. The molecule has 1 aliphatic rings. The van der Waals surface area contributed by atoms with E-state index in [1.807, 2.05) is 43.3 Å². The fraction of sp³-hybridized carbons (Fsp3) is 0.417. The molecule has 31 heavy (non-hydrogen) atoms. The molecule has 2 amide bonds. The van der Waals surface area contributed by atoms with Crippen molar-refractivity contribution in [2.24, 2.45) is 11.7 Å². The Balaban J connectivity index is 1.42.